The van der Waals surface area contributed by atoms with E-state index >= 15 is 0 Å². The number of hydrogen-bond acceptors (Lipinski definition) is 4. The average Bonchev–Trinajstić information content (AvgIpc) is 2.86. The predicted molar refractivity (Wildman–Crippen MR) is 73.3 cm³/mol. The van der Waals surface area contributed by atoms with Gasteiger partial charge < -0.3 is 10.1 Å². The second kappa shape index (κ2) is 5.05. The number of aromatic nitrogens is 4. The molecule has 1 N–H and O–H groups in total. The lowest BCUT2D eigenvalue weighted by atomic mass is 10.0. The molecule has 2 heterocycles. The van der Waals surface area contributed by atoms with Crippen LogP contribution in [0.15, 0.2) is 6.20 Å². The molecule has 0 saturated carbocycles. The minimum Gasteiger partial charge on any atom is -0.493 e. The zero-order valence-corrected chi connectivity index (χ0v) is 12.4. The van der Waals surface area contributed by atoms with Crippen molar-refractivity contribution >= 4 is 0 Å². The molecule has 0 saturated heterocycles. The quantitative estimate of drug-likeness (QED) is 0.897. The Morgan fingerprint density at radius 3 is 2.42 bits per heavy atom. The monoisotopic (exact) mass is 263 g/mol. The van der Waals surface area contributed by atoms with E-state index in [4.69, 9.17) is 4.74 Å². The fraction of sp³-hybridized carbons (Fsp3) is 0.538. The predicted octanol–water partition coefficient (Wildman–Crippen LogP) is 1.09. The fourth-order valence-corrected chi connectivity index (χ4v) is 2.54. The van der Waals surface area contributed by atoms with Crippen molar-refractivity contribution in [1.82, 2.24) is 24.9 Å². The van der Waals surface area contributed by atoms with E-state index in [9.17, 15) is 0 Å². The van der Waals surface area contributed by atoms with Crippen LogP contribution >= 0.6 is 0 Å². The van der Waals surface area contributed by atoms with Crippen LogP contribution in [0.1, 0.15) is 28.7 Å². The van der Waals surface area contributed by atoms with Crippen molar-refractivity contribution in [3.63, 3.8) is 0 Å². The first-order valence-corrected chi connectivity index (χ1v) is 6.24. The molecule has 1 unspecified atom stereocenters. The van der Waals surface area contributed by atoms with Crippen LogP contribution < -0.4 is 10.1 Å². The van der Waals surface area contributed by atoms with Crippen LogP contribution in [0, 0.1) is 13.8 Å². The Bertz CT molecular complexity index is 584. The van der Waals surface area contributed by atoms with E-state index in [1.165, 1.54) is 5.56 Å². The normalized spacial score (nSPS) is 12.7. The minimum atomic E-state index is 0.0103. The van der Waals surface area contributed by atoms with E-state index in [0.29, 0.717) is 0 Å². The van der Waals surface area contributed by atoms with Crippen LogP contribution in [0.25, 0.3) is 0 Å². The molecule has 104 valence electrons. The van der Waals surface area contributed by atoms with E-state index in [1.807, 2.05) is 37.4 Å². The zero-order valence-electron chi connectivity index (χ0n) is 12.4. The summed E-state index contributed by atoms with van der Waals surface area (Å²) in [6.07, 6.45) is 1.74. The Morgan fingerprint density at radius 2 is 1.95 bits per heavy atom. The summed E-state index contributed by atoms with van der Waals surface area (Å²) >= 11 is 0. The molecule has 0 bridgehead atoms. The Hall–Kier alpha value is -1.82. The number of nitrogens with one attached hydrogen (secondary N) is 1. The van der Waals surface area contributed by atoms with Crippen LogP contribution in [-0.2, 0) is 14.1 Å². The average molecular weight is 263 g/mol. The molecule has 0 aliphatic carbocycles. The van der Waals surface area contributed by atoms with Crippen LogP contribution in [0.5, 0.6) is 5.75 Å². The number of rotatable bonds is 4. The summed E-state index contributed by atoms with van der Waals surface area (Å²) in [7, 11) is 7.47. The molecule has 19 heavy (non-hydrogen) atoms. The van der Waals surface area contributed by atoms with Gasteiger partial charge in [-0.3, -0.25) is 9.36 Å². The van der Waals surface area contributed by atoms with E-state index in [0.717, 1.165) is 22.8 Å². The van der Waals surface area contributed by atoms with Gasteiger partial charge in [0.05, 0.1) is 25.0 Å². The van der Waals surface area contributed by atoms with Gasteiger partial charge in [0.15, 0.2) is 5.75 Å². The summed E-state index contributed by atoms with van der Waals surface area (Å²) in [5.74, 6) is 0.782. The molecule has 6 nitrogen and oxygen atoms in total. The van der Waals surface area contributed by atoms with E-state index < -0.39 is 0 Å². The second-order valence-electron chi connectivity index (χ2n) is 4.65. The van der Waals surface area contributed by atoms with Gasteiger partial charge >= 0.3 is 0 Å². The molecule has 0 aliphatic rings. The van der Waals surface area contributed by atoms with Gasteiger partial charge in [0.1, 0.15) is 5.69 Å². The van der Waals surface area contributed by atoms with Crippen molar-refractivity contribution in [1.29, 1.82) is 0 Å². The third-order valence-corrected chi connectivity index (χ3v) is 3.58. The molecule has 2 aromatic rings. The topological polar surface area (TPSA) is 56.9 Å². The highest BCUT2D eigenvalue weighted by atomic mass is 16.5. The van der Waals surface area contributed by atoms with Gasteiger partial charge in [0.25, 0.3) is 0 Å². The lowest BCUT2D eigenvalue weighted by Crippen LogP contribution is -2.22. The lowest BCUT2D eigenvalue weighted by molar-refractivity contribution is 0.402. The number of ether oxygens (including phenoxy) is 1. The third kappa shape index (κ3) is 2.12. The van der Waals surface area contributed by atoms with Crippen LogP contribution in [0.3, 0.4) is 0 Å². The van der Waals surface area contributed by atoms with Crippen molar-refractivity contribution in [2.24, 2.45) is 14.1 Å². The Kier molecular flexibility index (Phi) is 3.61. The van der Waals surface area contributed by atoms with Gasteiger partial charge in [-0.2, -0.15) is 10.2 Å². The van der Waals surface area contributed by atoms with E-state index in [-0.39, 0.29) is 6.04 Å². The number of nitrogens with zero attached hydrogens (tertiary/aromatic N) is 4. The van der Waals surface area contributed by atoms with Crippen molar-refractivity contribution in [2.45, 2.75) is 19.9 Å². The van der Waals surface area contributed by atoms with Crippen molar-refractivity contribution in [2.75, 3.05) is 14.2 Å². The third-order valence-electron chi connectivity index (χ3n) is 3.58. The highest BCUT2D eigenvalue weighted by Crippen LogP contribution is 2.32. The van der Waals surface area contributed by atoms with Crippen LogP contribution in [0.2, 0.25) is 0 Å². The number of hydrogen-bond donors (Lipinski definition) is 1. The molecular weight excluding hydrogens is 242 g/mol. The van der Waals surface area contributed by atoms with Crippen molar-refractivity contribution in [3.8, 4) is 5.75 Å². The maximum atomic E-state index is 5.41. The van der Waals surface area contributed by atoms with E-state index in [2.05, 4.69) is 22.4 Å². The van der Waals surface area contributed by atoms with Gasteiger partial charge in [-0.1, -0.05) is 0 Å². The molecule has 2 aromatic heterocycles. The first-order valence-electron chi connectivity index (χ1n) is 6.24. The van der Waals surface area contributed by atoms with Gasteiger partial charge in [-0.25, -0.2) is 0 Å². The molecular formula is C13H21N5O. The van der Waals surface area contributed by atoms with Crippen molar-refractivity contribution in [3.05, 3.63) is 28.8 Å². The largest absolute Gasteiger partial charge is 0.493 e. The first kappa shape index (κ1) is 13.6. The molecule has 1 atom stereocenters. The van der Waals surface area contributed by atoms with Gasteiger partial charge in [0.2, 0.25) is 0 Å². The van der Waals surface area contributed by atoms with Gasteiger partial charge in [0, 0.05) is 25.4 Å². The Balaban J connectivity index is 2.59. The second-order valence-corrected chi connectivity index (χ2v) is 4.65. The maximum Gasteiger partial charge on any atom is 0.161 e. The smallest absolute Gasteiger partial charge is 0.161 e. The summed E-state index contributed by atoms with van der Waals surface area (Å²) < 4.78 is 9.15. The molecule has 0 fully saturated rings. The molecule has 0 aliphatic heterocycles. The number of methoxy groups -OCH3 is 1. The van der Waals surface area contributed by atoms with Gasteiger partial charge in [-0.05, 0) is 20.9 Å². The SMILES string of the molecule is CNC(c1c(C)nn(C)c1C)c1c(OC)cnn1C. The molecule has 0 radical (unpaired) electrons. The Morgan fingerprint density at radius 1 is 1.26 bits per heavy atom. The standard InChI is InChI=1S/C13H21N5O/c1-8-11(9(2)17(4)16-8)12(14-3)13-10(19-6)7-15-18(13)5/h7,12,14H,1-6H3. The highest BCUT2D eigenvalue weighted by molar-refractivity contribution is 5.40. The highest BCUT2D eigenvalue weighted by Gasteiger charge is 2.26. The van der Waals surface area contributed by atoms with Crippen LogP contribution in [0.4, 0.5) is 0 Å². The van der Waals surface area contributed by atoms with E-state index in [1.54, 1.807) is 13.3 Å². The van der Waals surface area contributed by atoms with Crippen molar-refractivity contribution < 1.29 is 4.74 Å². The van der Waals surface area contributed by atoms with Crippen LogP contribution in [-0.4, -0.2) is 33.7 Å². The molecule has 0 aromatic carbocycles. The maximum absolute atomic E-state index is 5.41. The minimum absolute atomic E-state index is 0.0103. The summed E-state index contributed by atoms with van der Waals surface area (Å²) in [5, 5.41) is 12.1. The summed E-state index contributed by atoms with van der Waals surface area (Å²) in [5.41, 5.74) is 4.33. The molecule has 0 amide bonds. The summed E-state index contributed by atoms with van der Waals surface area (Å²) in [6, 6.07) is 0.0103. The fourth-order valence-electron chi connectivity index (χ4n) is 2.54. The van der Waals surface area contributed by atoms with Gasteiger partial charge in [-0.15, -0.1) is 0 Å². The lowest BCUT2D eigenvalue weighted by Gasteiger charge is -2.19. The summed E-state index contributed by atoms with van der Waals surface area (Å²) in [6.45, 7) is 4.10. The zero-order chi connectivity index (χ0) is 14.2. The molecule has 0 spiro atoms. The number of aryl methyl sites for hydroxylation is 3. The first-order chi connectivity index (χ1) is 9.01. The molecule has 6 heteroatoms. The summed E-state index contributed by atoms with van der Waals surface area (Å²) in [4.78, 5) is 0. The Labute approximate surface area is 113 Å². The molecule has 2 rings (SSSR count).